The zero-order chi connectivity index (χ0) is 13.0. The van der Waals surface area contributed by atoms with E-state index in [-0.39, 0.29) is 5.91 Å². The van der Waals surface area contributed by atoms with Crippen LogP contribution in [0.4, 0.5) is 0 Å². The summed E-state index contributed by atoms with van der Waals surface area (Å²) in [7, 11) is 1.86. The number of nitrogens with zero attached hydrogens (tertiary/aromatic N) is 1. The van der Waals surface area contributed by atoms with Crippen molar-refractivity contribution < 1.29 is 9.53 Å². The molecule has 1 fully saturated rings. The van der Waals surface area contributed by atoms with E-state index >= 15 is 0 Å². The zero-order valence-corrected chi connectivity index (χ0v) is 12.9. The van der Waals surface area contributed by atoms with E-state index in [1.165, 1.54) is 5.56 Å². The average Bonchev–Trinajstić information content (AvgIpc) is 2.97. The number of amides is 1. The lowest BCUT2D eigenvalue weighted by molar-refractivity contribution is -0.131. The quantitative estimate of drug-likeness (QED) is 0.827. The summed E-state index contributed by atoms with van der Waals surface area (Å²) in [5.41, 5.74) is 1.18. The SMILES string of the molecule is CN(Cc1csc(Br)c1)C(=O)CCC1CCCO1. The van der Waals surface area contributed by atoms with E-state index < -0.39 is 0 Å². The van der Waals surface area contributed by atoms with Gasteiger partial charge in [0.2, 0.25) is 5.91 Å². The molecule has 1 aliphatic heterocycles. The number of thiophene rings is 1. The summed E-state index contributed by atoms with van der Waals surface area (Å²) in [5, 5.41) is 2.08. The van der Waals surface area contributed by atoms with E-state index in [0.717, 1.165) is 29.7 Å². The summed E-state index contributed by atoms with van der Waals surface area (Å²) in [4.78, 5) is 13.8. The van der Waals surface area contributed by atoms with E-state index in [0.29, 0.717) is 19.1 Å². The molecule has 0 aromatic carbocycles. The molecular weight excluding hydrogens is 314 g/mol. The van der Waals surface area contributed by atoms with Gasteiger partial charge < -0.3 is 9.64 Å². The van der Waals surface area contributed by atoms with Crippen LogP contribution in [0.15, 0.2) is 15.2 Å². The third kappa shape index (κ3) is 4.07. The minimum Gasteiger partial charge on any atom is -0.378 e. The fourth-order valence-corrected chi connectivity index (χ4v) is 3.34. The summed E-state index contributed by atoms with van der Waals surface area (Å²) in [6.45, 7) is 1.55. The standard InChI is InChI=1S/C13H18BrNO2S/c1-15(8-10-7-12(14)18-9-10)13(16)5-4-11-3-2-6-17-11/h7,9,11H,2-6,8H2,1H3. The fraction of sp³-hybridized carbons (Fsp3) is 0.615. The smallest absolute Gasteiger partial charge is 0.222 e. The van der Waals surface area contributed by atoms with Crippen molar-refractivity contribution in [2.24, 2.45) is 0 Å². The molecule has 0 aliphatic carbocycles. The molecule has 1 aliphatic rings. The van der Waals surface area contributed by atoms with Gasteiger partial charge in [-0.05, 0) is 52.2 Å². The number of halogens is 1. The van der Waals surface area contributed by atoms with Gasteiger partial charge >= 0.3 is 0 Å². The largest absolute Gasteiger partial charge is 0.378 e. The van der Waals surface area contributed by atoms with Crippen LogP contribution in [0.3, 0.4) is 0 Å². The molecule has 0 N–H and O–H groups in total. The molecule has 2 rings (SSSR count). The van der Waals surface area contributed by atoms with E-state index in [1.54, 1.807) is 16.2 Å². The van der Waals surface area contributed by atoms with Crippen LogP contribution in [-0.4, -0.2) is 30.6 Å². The van der Waals surface area contributed by atoms with Gasteiger partial charge in [-0.3, -0.25) is 4.79 Å². The maximum absolute atomic E-state index is 12.0. The number of carbonyl (C=O) groups is 1. The van der Waals surface area contributed by atoms with Crippen molar-refractivity contribution in [3.05, 3.63) is 20.8 Å². The number of carbonyl (C=O) groups excluding carboxylic acids is 1. The summed E-state index contributed by atoms with van der Waals surface area (Å²) in [6.07, 6.45) is 3.99. The predicted molar refractivity (Wildman–Crippen MR) is 76.7 cm³/mol. The minimum absolute atomic E-state index is 0.202. The number of hydrogen-bond acceptors (Lipinski definition) is 3. The Balaban J connectivity index is 1.74. The molecule has 1 atom stereocenters. The minimum atomic E-state index is 0.202. The molecule has 1 aromatic heterocycles. The van der Waals surface area contributed by atoms with Crippen molar-refractivity contribution in [3.63, 3.8) is 0 Å². The van der Waals surface area contributed by atoms with Gasteiger partial charge in [0.1, 0.15) is 0 Å². The Morgan fingerprint density at radius 1 is 1.67 bits per heavy atom. The lowest BCUT2D eigenvalue weighted by Gasteiger charge is -2.17. The molecule has 1 unspecified atom stereocenters. The molecule has 0 radical (unpaired) electrons. The Morgan fingerprint density at radius 2 is 2.50 bits per heavy atom. The first kappa shape index (κ1) is 14.0. The highest BCUT2D eigenvalue weighted by atomic mass is 79.9. The number of rotatable bonds is 5. The summed E-state index contributed by atoms with van der Waals surface area (Å²) in [5.74, 6) is 0.202. The molecule has 100 valence electrons. The molecule has 18 heavy (non-hydrogen) atoms. The van der Waals surface area contributed by atoms with Gasteiger partial charge in [0.05, 0.1) is 9.89 Å². The highest BCUT2D eigenvalue weighted by Crippen LogP contribution is 2.22. The van der Waals surface area contributed by atoms with Gasteiger partial charge in [-0.15, -0.1) is 11.3 Å². The third-order valence-electron chi connectivity index (χ3n) is 3.17. The zero-order valence-electron chi connectivity index (χ0n) is 10.5. The topological polar surface area (TPSA) is 29.5 Å². The molecule has 2 heterocycles. The number of hydrogen-bond donors (Lipinski definition) is 0. The highest BCUT2D eigenvalue weighted by Gasteiger charge is 2.18. The Labute approximate surface area is 120 Å². The van der Waals surface area contributed by atoms with Gasteiger partial charge in [0.15, 0.2) is 0 Å². The van der Waals surface area contributed by atoms with Crippen molar-refractivity contribution >= 4 is 33.2 Å². The van der Waals surface area contributed by atoms with Crippen LogP contribution in [0.5, 0.6) is 0 Å². The van der Waals surface area contributed by atoms with Crippen molar-refractivity contribution in [1.29, 1.82) is 0 Å². The molecule has 1 amide bonds. The summed E-state index contributed by atoms with van der Waals surface area (Å²) in [6, 6.07) is 2.06. The molecule has 0 saturated carbocycles. The van der Waals surface area contributed by atoms with Gasteiger partial charge in [-0.25, -0.2) is 0 Å². The van der Waals surface area contributed by atoms with Crippen LogP contribution in [0.1, 0.15) is 31.2 Å². The summed E-state index contributed by atoms with van der Waals surface area (Å²) >= 11 is 5.08. The Bertz CT molecular complexity index is 401. The molecule has 5 heteroatoms. The van der Waals surface area contributed by atoms with Crippen molar-refractivity contribution in [2.75, 3.05) is 13.7 Å². The van der Waals surface area contributed by atoms with Crippen LogP contribution in [0, 0.1) is 0 Å². The van der Waals surface area contributed by atoms with E-state index in [4.69, 9.17) is 4.74 Å². The second kappa shape index (κ2) is 6.68. The average molecular weight is 332 g/mol. The van der Waals surface area contributed by atoms with Gasteiger partial charge in [0.25, 0.3) is 0 Å². The van der Waals surface area contributed by atoms with Gasteiger partial charge in [0, 0.05) is 26.6 Å². The first-order valence-electron chi connectivity index (χ1n) is 6.23. The second-order valence-electron chi connectivity index (χ2n) is 4.68. The number of ether oxygens (including phenoxy) is 1. The van der Waals surface area contributed by atoms with Crippen LogP contribution < -0.4 is 0 Å². The third-order valence-corrected chi connectivity index (χ3v) is 4.72. The van der Waals surface area contributed by atoms with Crippen LogP contribution in [0.2, 0.25) is 0 Å². The van der Waals surface area contributed by atoms with E-state index in [9.17, 15) is 4.79 Å². The van der Waals surface area contributed by atoms with E-state index in [1.807, 2.05) is 7.05 Å². The normalized spacial score (nSPS) is 19.1. The molecule has 0 spiro atoms. The van der Waals surface area contributed by atoms with Gasteiger partial charge in [-0.1, -0.05) is 0 Å². The van der Waals surface area contributed by atoms with Crippen LogP contribution in [0.25, 0.3) is 0 Å². The van der Waals surface area contributed by atoms with Crippen LogP contribution >= 0.6 is 27.3 Å². The Kier molecular flexibility index (Phi) is 5.21. The van der Waals surface area contributed by atoms with E-state index in [2.05, 4.69) is 27.4 Å². The first-order chi connectivity index (χ1) is 8.65. The molecule has 0 bridgehead atoms. The molecule has 1 aromatic rings. The molecule has 3 nitrogen and oxygen atoms in total. The predicted octanol–water partition coefficient (Wildman–Crippen LogP) is 3.43. The first-order valence-corrected chi connectivity index (χ1v) is 7.91. The highest BCUT2D eigenvalue weighted by molar-refractivity contribution is 9.11. The second-order valence-corrected chi connectivity index (χ2v) is 6.97. The lowest BCUT2D eigenvalue weighted by atomic mass is 10.1. The van der Waals surface area contributed by atoms with Crippen LogP contribution in [-0.2, 0) is 16.1 Å². The van der Waals surface area contributed by atoms with Crippen molar-refractivity contribution in [3.8, 4) is 0 Å². The van der Waals surface area contributed by atoms with Crippen molar-refractivity contribution in [1.82, 2.24) is 4.90 Å². The van der Waals surface area contributed by atoms with Gasteiger partial charge in [-0.2, -0.15) is 0 Å². The van der Waals surface area contributed by atoms with Crippen molar-refractivity contribution in [2.45, 2.75) is 38.3 Å². The Hall–Kier alpha value is -0.390. The fourth-order valence-electron chi connectivity index (χ4n) is 2.14. The molecular formula is C13H18BrNO2S. The Morgan fingerprint density at radius 3 is 3.11 bits per heavy atom. The lowest BCUT2D eigenvalue weighted by Crippen LogP contribution is -2.26. The maximum atomic E-state index is 12.0. The monoisotopic (exact) mass is 331 g/mol. The maximum Gasteiger partial charge on any atom is 0.222 e. The molecule has 1 saturated heterocycles. The summed E-state index contributed by atoms with van der Waals surface area (Å²) < 4.78 is 6.64.